The molecule has 0 aliphatic heterocycles. The first-order chi connectivity index (χ1) is 9.13. The third kappa shape index (κ3) is 3.85. The van der Waals surface area contributed by atoms with Crippen molar-refractivity contribution in [2.45, 2.75) is 46.0 Å². The van der Waals surface area contributed by atoms with Crippen LogP contribution >= 0.6 is 0 Å². The van der Waals surface area contributed by atoms with Crippen LogP contribution in [0.2, 0.25) is 0 Å². The zero-order chi connectivity index (χ0) is 13.7. The summed E-state index contributed by atoms with van der Waals surface area (Å²) in [6.45, 7) is 5.76. The number of hydrogen-bond donors (Lipinski definition) is 2. The number of nitrogens with one attached hydrogen (secondary N) is 2. The third-order valence-electron chi connectivity index (χ3n) is 4.20. The standard InChI is InChI=1S/C16H27N3/c1-13(2)9-16(6-4-5-7-16)12-19-15-8-14(17-3)10-18-11-15/h8,10-11,13,17,19H,4-7,9,12H2,1-3H3. The predicted octanol–water partition coefficient (Wildman–Crippen LogP) is 4.14. The van der Waals surface area contributed by atoms with E-state index >= 15 is 0 Å². The Morgan fingerprint density at radius 3 is 2.53 bits per heavy atom. The lowest BCUT2D eigenvalue weighted by molar-refractivity contribution is 0.252. The van der Waals surface area contributed by atoms with E-state index in [1.807, 2.05) is 19.4 Å². The maximum atomic E-state index is 4.26. The Labute approximate surface area is 117 Å². The fraction of sp³-hybridized carbons (Fsp3) is 0.688. The van der Waals surface area contributed by atoms with Gasteiger partial charge in [0.2, 0.25) is 0 Å². The molecule has 1 heterocycles. The molecule has 1 aromatic heterocycles. The van der Waals surface area contributed by atoms with Crippen molar-refractivity contribution >= 4 is 11.4 Å². The minimum atomic E-state index is 0.504. The Balaban J connectivity index is 1.98. The normalized spacial score (nSPS) is 17.7. The Bertz CT molecular complexity index is 395. The number of hydrogen-bond acceptors (Lipinski definition) is 3. The number of rotatable bonds is 6. The quantitative estimate of drug-likeness (QED) is 0.808. The third-order valence-corrected chi connectivity index (χ3v) is 4.20. The Morgan fingerprint density at radius 2 is 1.89 bits per heavy atom. The van der Waals surface area contributed by atoms with Gasteiger partial charge in [-0.3, -0.25) is 4.98 Å². The second-order valence-corrected chi connectivity index (χ2v) is 6.37. The Hall–Kier alpha value is -1.25. The maximum absolute atomic E-state index is 4.26. The summed E-state index contributed by atoms with van der Waals surface area (Å²) in [6.07, 6.45) is 10.6. The molecule has 0 bridgehead atoms. The molecule has 0 amide bonds. The van der Waals surface area contributed by atoms with E-state index in [1.165, 1.54) is 32.1 Å². The van der Waals surface area contributed by atoms with E-state index < -0.39 is 0 Å². The van der Waals surface area contributed by atoms with Gasteiger partial charge in [0.1, 0.15) is 0 Å². The molecule has 3 nitrogen and oxygen atoms in total. The molecule has 19 heavy (non-hydrogen) atoms. The lowest BCUT2D eigenvalue weighted by Crippen LogP contribution is -2.28. The summed E-state index contributed by atoms with van der Waals surface area (Å²) >= 11 is 0. The predicted molar refractivity (Wildman–Crippen MR) is 82.6 cm³/mol. The van der Waals surface area contributed by atoms with Gasteiger partial charge in [0.25, 0.3) is 0 Å². The lowest BCUT2D eigenvalue weighted by Gasteiger charge is -2.31. The van der Waals surface area contributed by atoms with Gasteiger partial charge in [-0.1, -0.05) is 26.7 Å². The van der Waals surface area contributed by atoms with Crippen LogP contribution in [0.4, 0.5) is 11.4 Å². The van der Waals surface area contributed by atoms with E-state index in [4.69, 9.17) is 0 Å². The topological polar surface area (TPSA) is 37.0 Å². The summed E-state index contributed by atoms with van der Waals surface area (Å²) in [5.41, 5.74) is 2.69. The van der Waals surface area contributed by atoms with E-state index in [2.05, 4.69) is 35.5 Å². The number of pyridine rings is 1. The SMILES string of the molecule is CNc1cncc(NCC2(CC(C)C)CCCC2)c1. The average Bonchev–Trinajstić information content (AvgIpc) is 2.85. The van der Waals surface area contributed by atoms with Crippen LogP contribution in [0.3, 0.4) is 0 Å². The highest BCUT2D eigenvalue weighted by Crippen LogP contribution is 2.43. The van der Waals surface area contributed by atoms with Crippen molar-refractivity contribution in [1.29, 1.82) is 0 Å². The summed E-state index contributed by atoms with van der Waals surface area (Å²) < 4.78 is 0. The van der Waals surface area contributed by atoms with Gasteiger partial charge in [0.15, 0.2) is 0 Å². The second-order valence-electron chi connectivity index (χ2n) is 6.37. The summed E-state index contributed by atoms with van der Waals surface area (Å²) in [5, 5.41) is 6.74. The summed E-state index contributed by atoms with van der Waals surface area (Å²) in [5.74, 6) is 0.779. The molecule has 3 heteroatoms. The van der Waals surface area contributed by atoms with Crippen LogP contribution in [0.1, 0.15) is 46.0 Å². The molecule has 1 aromatic rings. The highest BCUT2D eigenvalue weighted by molar-refractivity contribution is 5.53. The summed E-state index contributed by atoms with van der Waals surface area (Å²) in [7, 11) is 1.93. The molecule has 0 unspecified atom stereocenters. The van der Waals surface area contributed by atoms with Crippen LogP contribution in [0, 0.1) is 11.3 Å². The highest BCUT2D eigenvalue weighted by Gasteiger charge is 2.34. The van der Waals surface area contributed by atoms with E-state index in [1.54, 1.807) is 0 Å². The smallest absolute Gasteiger partial charge is 0.0547 e. The number of nitrogens with zero attached hydrogens (tertiary/aromatic N) is 1. The van der Waals surface area contributed by atoms with E-state index in [0.717, 1.165) is 23.8 Å². The molecule has 2 rings (SSSR count). The molecular weight excluding hydrogens is 234 g/mol. The van der Waals surface area contributed by atoms with E-state index in [0.29, 0.717) is 5.41 Å². The van der Waals surface area contributed by atoms with Crippen LogP contribution in [0.5, 0.6) is 0 Å². The van der Waals surface area contributed by atoms with Gasteiger partial charge in [-0.25, -0.2) is 0 Å². The first-order valence-corrected chi connectivity index (χ1v) is 7.50. The molecule has 0 atom stereocenters. The fourth-order valence-electron chi connectivity index (χ4n) is 3.41. The van der Waals surface area contributed by atoms with Crippen molar-refractivity contribution in [1.82, 2.24) is 4.98 Å². The van der Waals surface area contributed by atoms with E-state index in [-0.39, 0.29) is 0 Å². The van der Waals surface area contributed by atoms with Crippen LogP contribution in [0.25, 0.3) is 0 Å². The molecule has 1 saturated carbocycles. The molecule has 1 aliphatic rings. The molecular formula is C16H27N3. The van der Waals surface area contributed by atoms with Crippen LogP contribution in [-0.4, -0.2) is 18.6 Å². The van der Waals surface area contributed by atoms with Crippen LogP contribution in [0.15, 0.2) is 18.5 Å². The van der Waals surface area contributed by atoms with Crippen molar-refractivity contribution in [2.75, 3.05) is 24.2 Å². The Morgan fingerprint density at radius 1 is 1.21 bits per heavy atom. The maximum Gasteiger partial charge on any atom is 0.0547 e. The molecule has 0 radical (unpaired) electrons. The van der Waals surface area contributed by atoms with Crippen molar-refractivity contribution in [3.63, 3.8) is 0 Å². The van der Waals surface area contributed by atoms with Crippen molar-refractivity contribution in [3.05, 3.63) is 18.5 Å². The zero-order valence-corrected chi connectivity index (χ0v) is 12.5. The minimum Gasteiger partial charge on any atom is -0.387 e. The minimum absolute atomic E-state index is 0.504. The van der Waals surface area contributed by atoms with Crippen LogP contribution < -0.4 is 10.6 Å². The zero-order valence-electron chi connectivity index (χ0n) is 12.5. The lowest BCUT2D eigenvalue weighted by atomic mass is 9.78. The molecule has 0 spiro atoms. The molecule has 0 saturated heterocycles. The van der Waals surface area contributed by atoms with Gasteiger partial charge in [-0.2, -0.15) is 0 Å². The monoisotopic (exact) mass is 261 g/mol. The van der Waals surface area contributed by atoms with Crippen molar-refractivity contribution < 1.29 is 0 Å². The molecule has 106 valence electrons. The molecule has 2 N–H and O–H groups in total. The van der Waals surface area contributed by atoms with Gasteiger partial charge in [-0.15, -0.1) is 0 Å². The first-order valence-electron chi connectivity index (χ1n) is 7.50. The van der Waals surface area contributed by atoms with E-state index in [9.17, 15) is 0 Å². The van der Waals surface area contributed by atoms with Gasteiger partial charge in [0, 0.05) is 13.6 Å². The summed E-state index contributed by atoms with van der Waals surface area (Å²) in [4.78, 5) is 4.26. The average molecular weight is 261 g/mol. The van der Waals surface area contributed by atoms with Gasteiger partial charge in [0.05, 0.1) is 23.8 Å². The molecule has 0 aromatic carbocycles. The fourth-order valence-corrected chi connectivity index (χ4v) is 3.41. The first kappa shape index (κ1) is 14.2. The van der Waals surface area contributed by atoms with Crippen molar-refractivity contribution in [3.8, 4) is 0 Å². The highest BCUT2D eigenvalue weighted by atomic mass is 14.9. The van der Waals surface area contributed by atoms with Crippen LogP contribution in [-0.2, 0) is 0 Å². The van der Waals surface area contributed by atoms with Gasteiger partial charge >= 0.3 is 0 Å². The Kier molecular flexibility index (Phi) is 4.67. The number of aromatic nitrogens is 1. The molecule has 1 aliphatic carbocycles. The van der Waals surface area contributed by atoms with Crippen molar-refractivity contribution in [2.24, 2.45) is 11.3 Å². The van der Waals surface area contributed by atoms with Gasteiger partial charge < -0.3 is 10.6 Å². The molecule has 1 fully saturated rings. The largest absolute Gasteiger partial charge is 0.387 e. The second kappa shape index (κ2) is 6.27. The summed E-state index contributed by atoms with van der Waals surface area (Å²) in [6, 6.07) is 2.13. The number of anilines is 2. The van der Waals surface area contributed by atoms with Gasteiger partial charge in [-0.05, 0) is 36.7 Å².